The molecule has 9 heteroatoms. The van der Waals surface area contributed by atoms with Crippen LogP contribution in [0.1, 0.15) is 23.4 Å². The number of fused-ring (bicyclic) bond motifs is 2. The van der Waals surface area contributed by atoms with Gasteiger partial charge in [-0.1, -0.05) is 0 Å². The molecule has 4 heterocycles. The molecule has 0 aromatic carbocycles. The van der Waals surface area contributed by atoms with Crippen LogP contribution in [0, 0.1) is 6.92 Å². The summed E-state index contributed by atoms with van der Waals surface area (Å²) in [6.45, 7) is 6.82. The van der Waals surface area contributed by atoms with Crippen molar-refractivity contribution < 1.29 is 17.9 Å². The van der Waals surface area contributed by atoms with Gasteiger partial charge in [0.25, 0.3) is 0 Å². The third-order valence-corrected chi connectivity index (χ3v) is 6.66. The van der Waals surface area contributed by atoms with Gasteiger partial charge in [0.05, 0.1) is 43.8 Å². The topological polar surface area (TPSA) is 84.9 Å². The molecule has 3 aliphatic rings. The number of anilines is 1. The predicted molar refractivity (Wildman–Crippen MR) is 92.2 cm³/mol. The molecule has 8 nitrogen and oxygen atoms in total. The van der Waals surface area contributed by atoms with Crippen molar-refractivity contribution in [1.29, 1.82) is 0 Å². The van der Waals surface area contributed by atoms with Gasteiger partial charge in [0.2, 0.25) is 16.0 Å². The van der Waals surface area contributed by atoms with E-state index >= 15 is 0 Å². The fourth-order valence-electron chi connectivity index (χ4n) is 3.94. The molecule has 0 N–H and O–H groups in total. The number of hydrogen-bond acceptors (Lipinski definition) is 7. The van der Waals surface area contributed by atoms with Gasteiger partial charge in [0, 0.05) is 37.4 Å². The average molecular weight is 368 g/mol. The molecular weight excluding hydrogens is 344 g/mol. The summed E-state index contributed by atoms with van der Waals surface area (Å²) < 4.78 is 36.7. The first-order valence-corrected chi connectivity index (χ1v) is 10.5. The second-order valence-corrected chi connectivity index (χ2v) is 9.14. The number of rotatable bonds is 2. The molecule has 2 fully saturated rings. The molecule has 25 heavy (non-hydrogen) atoms. The van der Waals surface area contributed by atoms with Gasteiger partial charge in [-0.05, 0) is 13.3 Å². The lowest BCUT2D eigenvalue weighted by molar-refractivity contribution is 0.0525. The molecule has 0 radical (unpaired) electrons. The Hall–Kier alpha value is -1.29. The Morgan fingerprint density at radius 3 is 2.56 bits per heavy atom. The number of morpholine rings is 1. The van der Waals surface area contributed by atoms with Gasteiger partial charge in [-0.3, -0.25) is 0 Å². The molecule has 1 aromatic rings. The summed E-state index contributed by atoms with van der Waals surface area (Å²) in [5, 5.41) is 0. The SMILES string of the molecule is Cc1nc(N2CCOCC2)nc2c1COCC21CCN(S(C)(=O)=O)C1. The minimum Gasteiger partial charge on any atom is -0.378 e. The van der Waals surface area contributed by atoms with E-state index in [1.165, 1.54) is 10.6 Å². The first-order chi connectivity index (χ1) is 11.9. The van der Waals surface area contributed by atoms with Gasteiger partial charge >= 0.3 is 0 Å². The fraction of sp³-hybridized carbons (Fsp3) is 0.750. The van der Waals surface area contributed by atoms with Crippen LogP contribution in [0.25, 0.3) is 0 Å². The largest absolute Gasteiger partial charge is 0.378 e. The molecule has 1 atom stereocenters. The van der Waals surface area contributed by atoms with Crippen molar-refractivity contribution in [2.24, 2.45) is 0 Å². The van der Waals surface area contributed by atoms with Crippen LogP contribution in [0.15, 0.2) is 0 Å². The summed E-state index contributed by atoms with van der Waals surface area (Å²) in [5.74, 6) is 0.721. The Labute approximate surface area is 148 Å². The maximum absolute atomic E-state index is 12.0. The molecule has 1 unspecified atom stereocenters. The van der Waals surface area contributed by atoms with Gasteiger partial charge in [0.1, 0.15) is 0 Å². The Kier molecular flexibility index (Phi) is 4.22. The first-order valence-electron chi connectivity index (χ1n) is 8.63. The van der Waals surface area contributed by atoms with Crippen molar-refractivity contribution in [2.75, 3.05) is 57.2 Å². The minimum atomic E-state index is -3.21. The number of ether oxygens (including phenoxy) is 2. The maximum atomic E-state index is 12.0. The minimum absolute atomic E-state index is 0.370. The van der Waals surface area contributed by atoms with Crippen molar-refractivity contribution in [1.82, 2.24) is 14.3 Å². The molecule has 138 valence electrons. The molecule has 2 saturated heterocycles. The Bertz CT molecular complexity index is 779. The summed E-state index contributed by atoms with van der Waals surface area (Å²) in [4.78, 5) is 11.7. The van der Waals surface area contributed by atoms with E-state index in [4.69, 9.17) is 14.5 Å². The van der Waals surface area contributed by atoms with Crippen LogP contribution in [0.2, 0.25) is 0 Å². The number of hydrogen-bond donors (Lipinski definition) is 0. The normalized spacial score (nSPS) is 27.7. The second kappa shape index (κ2) is 6.15. The van der Waals surface area contributed by atoms with E-state index in [0.717, 1.165) is 42.4 Å². The smallest absolute Gasteiger partial charge is 0.225 e. The van der Waals surface area contributed by atoms with Crippen LogP contribution >= 0.6 is 0 Å². The number of aromatic nitrogens is 2. The van der Waals surface area contributed by atoms with Crippen LogP contribution < -0.4 is 4.90 Å². The number of sulfonamides is 1. The van der Waals surface area contributed by atoms with Gasteiger partial charge in [-0.15, -0.1) is 0 Å². The molecule has 0 aliphatic carbocycles. The molecule has 0 bridgehead atoms. The highest BCUT2D eigenvalue weighted by molar-refractivity contribution is 7.88. The Balaban J connectivity index is 1.74. The summed E-state index contributed by atoms with van der Waals surface area (Å²) >= 11 is 0. The van der Waals surface area contributed by atoms with Crippen LogP contribution in [0.4, 0.5) is 5.95 Å². The molecule has 0 saturated carbocycles. The van der Waals surface area contributed by atoms with E-state index in [0.29, 0.717) is 39.5 Å². The Morgan fingerprint density at radius 2 is 1.88 bits per heavy atom. The molecule has 0 amide bonds. The van der Waals surface area contributed by atoms with Crippen molar-refractivity contribution in [2.45, 2.75) is 25.4 Å². The summed E-state index contributed by atoms with van der Waals surface area (Å²) in [6.07, 6.45) is 1.99. The predicted octanol–water partition coefficient (Wildman–Crippen LogP) is 0.0549. The number of nitrogens with zero attached hydrogens (tertiary/aromatic N) is 4. The Morgan fingerprint density at radius 1 is 1.12 bits per heavy atom. The highest BCUT2D eigenvalue weighted by Gasteiger charge is 2.47. The molecule has 4 rings (SSSR count). The van der Waals surface area contributed by atoms with Crippen molar-refractivity contribution in [3.05, 3.63) is 17.0 Å². The van der Waals surface area contributed by atoms with Crippen LogP contribution in [0.5, 0.6) is 0 Å². The van der Waals surface area contributed by atoms with Crippen LogP contribution in [-0.2, 0) is 31.5 Å². The second-order valence-electron chi connectivity index (χ2n) is 7.16. The van der Waals surface area contributed by atoms with Gasteiger partial charge in [-0.25, -0.2) is 22.7 Å². The van der Waals surface area contributed by atoms with E-state index in [2.05, 4.69) is 9.88 Å². The summed E-state index contributed by atoms with van der Waals surface area (Å²) in [6, 6.07) is 0. The standard InChI is InChI=1S/C16H24N4O4S/c1-12-13-9-24-11-16(3-4-20(10-16)25(2,21)22)14(13)18-15(17-12)19-5-7-23-8-6-19/h3-11H2,1-2H3. The van der Waals surface area contributed by atoms with E-state index in [9.17, 15) is 8.42 Å². The zero-order chi connectivity index (χ0) is 17.7. The highest BCUT2D eigenvalue weighted by atomic mass is 32.2. The lowest BCUT2D eigenvalue weighted by atomic mass is 9.80. The zero-order valence-corrected chi connectivity index (χ0v) is 15.5. The van der Waals surface area contributed by atoms with Crippen molar-refractivity contribution in [3.8, 4) is 0 Å². The van der Waals surface area contributed by atoms with Crippen LogP contribution in [0.3, 0.4) is 0 Å². The monoisotopic (exact) mass is 368 g/mol. The van der Waals surface area contributed by atoms with Gasteiger partial charge in [-0.2, -0.15) is 0 Å². The molecule has 1 aromatic heterocycles. The van der Waals surface area contributed by atoms with Crippen molar-refractivity contribution >= 4 is 16.0 Å². The van der Waals surface area contributed by atoms with Gasteiger partial charge < -0.3 is 14.4 Å². The van der Waals surface area contributed by atoms with Crippen LogP contribution in [-0.4, -0.2) is 74.9 Å². The molecule has 3 aliphatic heterocycles. The third kappa shape index (κ3) is 3.03. The first kappa shape index (κ1) is 17.1. The van der Waals surface area contributed by atoms with Gasteiger partial charge in [0.15, 0.2) is 0 Å². The highest BCUT2D eigenvalue weighted by Crippen LogP contribution is 2.41. The zero-order valence-electron chi connectivity index (χ0n) is 14.7. The van der Waals surface area contributed by atoms with Crippen molar-refractivity contribution in [3.63, 3.8) is 0 Å². The average Bonchev–Trinajstić information content (AvgIpc) is 3.02. The van der Waals surface area contributed by atoms with E-state index in [-0.39, 0.29) is 5.41 Å². The summed E-state index contributed by atoms with van der Waals surface area (Å²) in [5.41, 5.74) is 2.53. The lowest BCUT2D eigenvalue weighted by Gasteiger charge is -2.36. The fourth-order valence-corrected chi connectivity index (χ4v) is 4.85. The van der Waals surface area contributed by atoms with E-state index in [1.54, 1.807) is 0 Å². The van der Waals surface area contributed by atoms with E-state index in [1.807, 2.05) is 6.92 Å². The lowest BCUT2D eigenvalue weighted by Crippen LogP contribution is -2.43. The third-order valence-electron chi connectivity index (χ3n) is 5.41. The molecular formula is C16H24N4O4S. The quantitative estimate of drug-likeness (QED) is 0.729. The molecule has 1 spiro atoms. The number of aryl methyl sites for hydroxylation is 1. The maximum Gasteiger partial charge on any atom is 0.225 e. The van der Waals surface area contributed by atoms with E-state index < -0.39 is 10.0 Å². The summed E-state index contributed by atoms with van der Waals surface area (Å²) in [7, 11) is -3.21.